The minimum Gasteiger partial charge on any atom is -0.464 e. The number of hydrogen-bond acceptors (Lipinski definition) is 5. The van der Waals surface area contributed by atoms with Gasteiger partial charge in [0.1, 0.15) is 5.54 Å². The molecule has 0 aromatic heterocycles. The van der Waals surface area contributed by atoms with Crippen LogP contribution in [0.5, 0.6) is 0 Å². The van der Waals surface area contributed by atoms with Gasteiger partial charge in [-0.15, -0.1) is 13.2 Å². The molecule has 2 aliphatic carbocycles. The fourth-order valence-corrected chi connectivity index (χ4v) is 4.18. The Hall–Kier alpha value is -2.15. The van der Waals surface area contributed by atoms with E-state index in [1.807, 2.05) is 6.08 Å². The lowest BCUT2D eigenvalue weighted by molar-refractivity contribution is -0.150. The summed E-state index contributed by atoms with van der Waals surface area (Å²) in [6.45, 7) is 9.94. The molecule has 0 unspecified atom stereocenters. The van der Waals surface area contributed by atoms with Gasteiger partial charge >= 0.3 is 5.97 Å². The molecule has 162 valence electrons. The van der Waals surface area contributed by atoms with Gasteiger partial charge in [-0.25, -0.2) is 4.79 Å². The smallest absolute Gasteiger partial charge is 0.332 e. The fraction of sp³-hybridized carbons (Fsp3) is 0.682. The minimum absolute atomic E-state index is 0.137. The molecular formula is C22H34N2O5. The first-order valence-electron chi connectivity index (χ1n) is 10.5. The molecule has 0 aromatic carbocycles. The van der Waals surface area contributed by atoms with Crippen LogP contribution >= 0.6 is 0 Å². The van der Waals surface area contributed by atoms with Gasteiger partial charge in [0.2, 0.25) is 11.8 Å². The number of nitrogens with one attached hydrogen (secondary N) is 1. The van der Waals surface area contributed by atoms with Gasteiger partial charge in [0.15, 0.2) is 0 Å². The number of amides is 2. The highest BCUT2D eigenvalue weighted by Gasteiger charge is 2.62. The lowest BCUT2D eigenvalue weighted by Crippen LogP contribution is -2.50. The maximum absolute atomic E-state index is 13.0. The van der Waals surface area contributed by atoms with Gasteiger partial charge in [-0.05, 0) is 45.4 Å². The molecule has 0 bridgehead atoms. The lowest BCUT2D eigenvalue weighted by Gasteiger charge is -2.26. The van der Waals surface area contributed by atoms with Crippen molar-refractivity contribution in [3.05, 3.63) is 25.3 Å². The van der Waals surface area contributed by atoms with E-state index in [1.165, 1.54) is 0 Å². The van der Waals surface area contributed by atoms with E-state index in [-0.39, 0.29) is 37.2 Å². The Balaban J connectivity index is 2.04. The van der Waals surface area contributed by atoms with E-state index in [1.54, 1.807) is 24.9 Å². The number of rotatable bonds is 11. The highest BCUT2D eigenvalue weighted by Crippen LogP contribution is 2.46. The van der Waals surface area contributed by atoms with Crippen molar-refractivity contribution < 1.29 is 24.2 Å². The van der Waals surface area contributed by atoms with Gasteiger partial charge < -0.3 is 20.1 Å². The number of unbranched alkanes of at least 4 members (excludes halogenated alkanes) is 2. The molecular weight excluding hydrogens is 372 g/mol. The van der Waals surface area contributed by atoms with Crippen molar-refractivity contribution in [3.8, 4) is 0 Å². The van der Waals surface area contributed by atoms with Gasteiger partial charge in [0.25, 0.3) is 0 Å². The number of esters is 1. The van der Waals surface area contributed by atoms with Crippen LogP contribution in [0, 0.1) is 17.8 Å². The van der Waals surface area contributed by atoms with Crippen LogP contribution in [-0.2, 0) is 19.1 Å². The summed E-state index contributed by atoms with van der Waals surface area (Å²) in [7, 11) is 1.73. The number of ether oxygens (including phenoxy) is 1. The molecule has 2 aliphatic rings. The molecule has 0 aliphatic heterocycles. The van der Waals surface area contributed by atoms with E-state index in [9.17, 15) is 19.5 Å². The maximum Gasteiger partial charge on any atom is 0.332 e. The number of hydrogen-bond donors (Lipinski definition) is 2. The Labute approximate surface area is 173 Å². The number of carbonyl (C=O) groups is 3. The molecule has 0 spiro atoms. The maximum atomic E-state index is 13.0. The normalized spacial score (nSPS) is 30.3. The summed E-state index contributed by atoms with van der Waals surface area (Å²) < 4.78 is 5.13. The van der Waals surface area contributed by atoms with Crippen LogP contribution in [-0.4, -0.2) is 59.6 Å². The van der Waals surface area contributed by atoms with E-state index in [4.69, 9.17) is 4.74 Å². The van der Waals surface area contributed by atoms with Gasteiger partial charge in [-0.3, -0.25) is 9.59 Å². The van der Waals surface area contributed by atoms with E-state index in [0.717, 1.165) is 19.3 Å². The Morgan fingerprint density at radius 1 is 1.24 bits per heavy atom. The van der Waals surface area contributed by atoms with Crippen LogP contribution in [0.15, 0.2) is 25.3 Å². The summed E-state index contributed by atoms with van der Waals surface area (Å²) in [4.78, 5) is 39.9. The summed E-state index contributed by atoms with van der Waals surface area (Å²) in [5, 5.41) is 13.0. The average molecular weight is 407 g/mol. The van der Waals surface area contributed by atoms with Crippen molar-refractivity contribution >= 4 is 17.8 Å². The molecule has 2 saturated carbocycles. The average Bonchev–Trinajstić information content (AvgIpc) is 3.27. The van der Waals surface area contributed by atoms with E-state index in [2.05, 4.69) is 18.5 Å². The van der Waals surface area contributed by atoms with Crippen molar-refractivity contribution in [1.82, 2.24) is 10.2 Å². The van der Waals surface area contributed by atoms with Gasteiger partial charge in [-0.2, -0.15) is 0 Å². The summed E-state index contributed by atoms with van der Waals surface area (Å²) in [5.74, 6) is -2.42. The molecule has 0 heterocycles. The van der Waals surface area contributed by atoms with Crippen LogP contribution in [0.4, 0.5) is 0 Å². The van der Waals surface area contributed by atoms with Crippen molar-refractivity contribution in [2.24, 2.45) is 17.8 Å². The molecule has 2 amide bonds. The molecule has 2 fully saturated rings. The molecule has 0 aromatic rings. The Morgan fingerprint density at radius 3 is 2.52 bits per heavy atom. The third-order valence-corrected chi connectivity index (χ3v) is 6.00. The van der Waals surface area contributed by atoms with Crippen molar-refractivity contribution in [2.75, 3.05) is 20.2 Å². The lowest BCUT2D eigenvalue weighted by atomic mass is 9.93. The van der Waals surface area contributed by atoms with Crippen LogP contribution in [0.1, 0.15) is 45.4 Å². The quantitative estimate of drug-likeness (QED) is 0.310. The third kappa shape index (κ3) is 5.26. The zero-order valence-corrected chi connectivity index (χ0v) is 17.6. The van der Waals surface area contributed by atoms with Crippen molar-refractivity contribution in [1.29, 1.82) is 0 Å². The van der Waals surface area contributed by atoms with E-state index >= 15 is 0 Å². The number of carbonyl (C=O) groups excluding carboxylic acids is 3. The van der Waals surface area contributed by atoms with Crippen molar-refractivity contribution in [2.45, 2.75) is 57.1 Å². The highest BCUT2D eigenvalue weighted by molar-refractivity contribution is 5.94. The first kappa shape index (κ1) is 23.1. The number of nitrogens with zero attached hydrogens (tertiary/aromatic N) is 1. The van der Waals surface area contributed by atoms with Crippen molar-refractivity contribution in [3.63, 3.8) is 0 Å². The second-order valence-electron chi connectivity index (χ2n) is 8.11. The molecule has 0 saturated heterocycles. The first-order chi connectivity index (χ1) is 13.8. The monoisotopic (exact) mass is 406 g/mol. The number of allylic oxidation sites excluding steroid dienone is 1. The molecule has 5 atom stereocenters. The van der Waals surface area contributed by atoms with Gasteiger partial charge in [0, 0.05) is 19.5 Å². The molecule has 7 heteroatoms. The minimum atomic E-state index is -1.09. The van der Waals surface area contributed by atoms with E-state index in [0.29, 0.717) is 13.0 Å². The zero-order valence-electron chi connectivity index (χ0n) is 17.6. The Kier molecular flexibility index (Phi) is 8.02. The van der Waals surface area contributed by atoms with Gasteiger partial charge in [0.05, 0.1) is 24.5 Å². The second-order valence-corrected chi connectivity index (χ2v) is 8.11. The highest BCUT2D eigenvalue weighted by atomic mass is 16.5. The third-order valence-electron chi connectivity index (χ3n) is 6.00. The summed E-state index contributed by atoms with van der Waals surface area (Å²) in [6, 6.07) is 0. The Morgan fingerprint density at radius 2 is 1.93 bits per heavy atom. The second kappa shape index (κ2) is 10.1. The van der Waals surface area contributed by atoms with Crippen LogP contribution in [0.2, 0.25) is 0 Å². The molecule has 2 N–H and O–H groups in total. The molecule has 29 heavy (non-hydrogen) atoms. The summed E-state index contributed by atoms with van der Waals surface area (Å²) in [5.41, 5.74) is -1.09. The first-order valence-corrected chi connectivity index (χ1v) is 10.5. The van der Waals surface area contributed by atoms with E-state index < -0.39 is 29.4 Å². The topological polar surface area (TPSA) is 95.9 Å². The number of aliphatic hydroxyl groups is 1. The van der Waals surface area contributed by atoms with Crippen LogP contribution in [0.3, 0.4) is 0 Å². The van der Waals surface area contributed by atoms with Crippen LogP contribution < -0.4 is 5.32 Å². The molecule has 7 nitrogen and oxygen atoms in total. The summed E-state index contributed by atoms with van der Waals surface area (Å²) in [6.07, 6.45) is 6.39. The molecule has 0 radical (unpaired) electrons. The molecule has 2 rings (SSSR count). The predicted octanol–water partition coefficient (Wildman–Crippen LogP) is 1.81. The fourth-order valence-electron chi connectivity index (χ4n) is 4.18. The predicted molar refractivity (Wildman–Crippen MR) is 110 cm³/mol. The largest absolute Gasteiger partial charge is 0.464 e. The standard InChI is InChI=1S/C22H34N2O5/c1-5-8-9-10-11-24(4)20(27)18-13-16(25)12-17(18)19(26)23-22(14-15(22)6-2)21(28)29-7-3/h5-6,15-18,25H,1-2,7-14H2,3-4H3,(H,23,26)/t15-,16-,17-,18-,22-/m1/s1. The number of aliphatic hydroxyl groups excluding tert-OH is 1. The Bertz CT molecular complexity index is 649. The van der Waals surface area contributed by atoms with Crippen LogP contribution in [0.25, 0.3) is 0 Å². The van der Waals surface area contributed by atoms with Gasteiger partial charge in [-0.1, -0.05) is 12.2 Å². The zero-order chi connectivity index (χ0) is 21.6. The summed E-state index contributed by atoms with van der Waals surface area (Å²) >= 11 is 0. The SMILES string of the molecule is C=CCCCCN(C)C(=O)[C@@H]1C[C@H](O)C[C@H]1C(=O)N[C@]1(C(=O)OCC)C[C@H]1C=C.